The van der Waals surface area contributed by atoms with Crippen molar-refractivity contribution >= 4 is 55.7 Å². The third-order valence-electron chi connectivity index (χ3n) is 4.70. The van der Waals surface area contributed by atoms with Gasteiger partial charge in [0.25, 0.3) is 5.91 Å². The molecule has 0 bridgehead atoms. The highest BCUT2D eigenvalue weighted by Crippen LogP contribution is 2.35. The highest BCUT2D eigenvalue weighted by molar-refractivity contribution is 7.89. The molecule has 7 nitrogen and oxygen atoms in total. The van der Waals surface area contributed by atoms with Gasteiger partial charge in [0.2, 0.25) is 10.0 Å². The van der Waals surface area contributed by atoms with Crippen LogP contribution in [0, 0.1) is 12.4 Å². The van der Waals surface area contributed by atoms with E-state index >= 15 is 0 Å². The number of fused-ring (bicyclic) bond motifs is 1. The number of amides is 1. The van der Waals surface area contributed by atoms with Crippen LogP contribution in [0.2, 0.25) is 10.0 Å². The van der Waals surface area contributed by atoms with Gasteiger partial charge in [-0.1, -0.05) is 47.5 Å². The predicted octanol–water partition coefficient (Wildman–Crippen LogP) is 5.38. The van der Waals surface area contributed by atoms with E-state index in [9.17, 15) is 17.6 Å². The van der Waals surface area contributed by atoms with E-state index in [1.165, 1.54) is 4.68 Å². The number of halogens is 3. The van der Waals surface area contributed by atoms with Gasteiger partial charge in [-0.3, -0.25) is 4.79 Å². The standard InChI is InChI=1S/C22H13Cl2FN4O3S/c1-26-14-6-3-12(4-7-14)21-16-9-13(23)5-8-19(16)29(27-21)20-11-18(25)15(10-17(20)24)22(30)28-33(2,31)32/h3-11H,2H3,(H,28,30). The van der Waals surface area contributed by atoms with Crippen LogP contribution in [0.15, 0.2) is 54.6 Å². The first-order valence-corrected chi connectivity index (χ1v) is 11.9. The van der Waals surface area contributed by atoms with E-state index in [-0.39, 0.29) is 10.7 Å². The second-order valence-electron chi connectivity index (χ2n) is 7.07. The Morgan fingerprint density at radius 3 is 2.45 bits per heavy atom. The number of carbonyl (C=O) groups excluding carboxylic acids is 1. The van der Waals surface area contributed by atoms with Crippen molar-refractivity contribution in [3.63, 3.8) is 0 Å². The van der Waals surface area contributed by atoms with Gasteiger partial charge in [-0.25, -0.2) is 27.1 Å². The third-order valence-corrected chi connectivity index (χ3v) is 5.79. The summed E-state index contributed by atoms with van der Waals surface area (Å²) >= 11 is 12.6. The molecule has 1 heterocycles. The van der Waals surface area contributed by atoms with Crippen molar-refractivity contribution in [1.82, 2.24) is 14.5 Å². The summed E-state index contributed by atoms with van der Waals surface area (Å²) in [5.41, 5.74) is 1.88. The molecule has 0 aliphatic rings. The molecule has 0 aliphatic heterocycles. The molecular formula is C22H13Cl2FN4O3S. The van der Waals surface area contributed by atoms with Crippen LogP contribution < -0.4 is 4.72 Å². The van der Waals surface area contributed by atoms with Crippen LogP contribution >= 0.6 is 23.2 Å². The Balaban J connectivity index is 1.89. The molecule has 166 valence electrons. The van der Waals surface area contributed by atoms with Crippen LogP contribution in [-0.4, -0.2) is 30.4 Å². The summed E-state index contributed by atoms with van der Waals surface area (Å²) in [6.07, 6.45) is 0.784. The van der Waals surface area contributed by atoms with E-state index in [2.05, 4.69) is 9.94 Å². The molecule has 0 unspecified atom stereocenters. The Morgan fingerprint density at radius 2 is 1.82 bits per heavy atom. The van der Waals surface area contributed by atoms with Gasteiger partial charge in [0.15, 0.2) is 5.69 Å². The second kappa shape index (κ2) is 8.48. The molecule has 4 rings (SSSR count). The van der Waals surface area contributed by atoms with Crippen molar-refractivity contribution in [3.8, 4) is 16.9 Å². The summed E-state index contributed by atoms with van der Waals surface area (Å²) < 4.78 is 40.6. The summed E-state index contributed by atoms with van der Waals surface area (Å²) in [5.74, 6) is -2.11. The first-order valence-electron chi connectivity index (χ1n) is 9.25. The number of aromatic nitrogens is 2. The molecule has 3 aromatic carbocycles. The molecule has 1 N–H and O–H groups in total. The highest BCUT2D eigenvalue weighted by atomic mass is 35.5. The van der Waals surface area contributed by atoms with Gasteiger partial charge in [0.1, 0.15) is 11.5 Å². The number of sulfonamides is 1. The van der Waals surface area contributed by atoms with Gasteiger partial charge >= 0.3 is 0 Å². The maximum Gasteiger partial charge on any atom is 0.267 e. The van der Waals surface area contributed by atoms with Crippen molar-refractivity contribution in [1.29, 1.82) is 0 Å². The van der Waals surface area contributed by atoms with E-state index in [1.54, 1.807) is 47.2 Å². The van der Waals surface area contributed by atoms with E-state index in [4.69, 9.17) is 29.8 Å². The van der Waals surface area contributed by atoms with E-state index < -0.39 is 27.3 Å². The molecule has 0 radical (unpaired) electrons. The Bertz CT molecular complexity index is 1580. The zero-order chi connectivity index (χ0) is 23.9. The Kier molecular flexibility index (Phi) is 5.84. The molecule has 4 aromatic rings. The van der Waals surface area contributed by atoms with Gasteiger partial charge in [-0.15, -0.1) is 0 Å². The van der Waals surface area contributed by atoms with Gasteiger partial charge in [-0.05, 0) is 24.3 Å². The summed E-state index contributed by atoms with van der Waals surface area (Å²) in [7, 11) is -3.89. The average Bonchev–Trinajstić information content (AvgIpc) is 3.12. The van der Waals surface area contributed by atoms with Crippen LogP contribution in [0.25, 0.3) is 32.7 Å². The van der Waals surface area contributed by atoms with Crippen molar-refractivity contribution in [2.24, 2.45) is 0 Å². The van der Waals surface area contributed by atoms with Crippen molar-refractivity contribution in [3.05, 3.63) is 87.4 Å². The molecule has 0 spiro atoms. The van der Waals surface area contributed by atoms with Crippen molar-refractivity contribution in [2.75, 3.05) is 6.26 Å². The van der Waals surface area contributed by atoms with Gasteiger partial charge < -0.3 is 0 Å². The van der Waals surface area contributed by atoms with E-state index in [0.717, 1.165) is 18.4 Å². The van der Waals surface area contributed by atoms with E-state index in [0.29, 0.717) is 32.9 Å². The van der Waals surface area contributed by atoms with Crippen LogP contribution in [0.3, 0.4) is 0 Å². The molecule has 0 aliphatic carbocycles. The lowest BCUT2D eigenvalue weighted by atomic mass is 10.1. The molecule has 0 fully saturated rings. The smallest absolute Gasteiger partial charge is 0.267 e. The fourth-order valence-corrected chi connectivity index (χ4v) is 4.14. The van der Waals surface area contributed by atoms with Crippen LogP contribution in [0.5, 0.6) is 0 Å². The van der Waals surface area contributed by atoms with Crippen molar-refractivity contribution < 1.29 is 17.6 Å². The summed E-state index contributed by atoms with van der Waals surface area (Å²) in [6, 6.07) is 13.9. The fraction of sp³-hybridized carbons (Fsp3) is 0.0455. The second-order valence-corrected chi connectivity index (χ2v) is 9.66. The normalized spacial score (nSPS) is 11.4. The number of carbonyl (C=O) groups is 1. The first kappa shape index (κ1) is 22.7. The fourth-order valence-electron chi connectivity index (χ4n) is 3.28. The van der Waals surface area contributed by atoms with Crippen LogP contribution in [0.1, 0.15) is 10.4 Å². The summed E-state index contributed by atoms with van der Waals surface area (Å²) in [5, 5.41) is 5.70. The Morgan fingerprint density at radius 1 is 1.12 bits per heavy atom. The molecule has 0 atom stereocenters. The number of nitrogens with one attached hydrogen (secondary N) is 1. The molecular weight excluding hydrogens is 490 g/mol. The molecule has 33 heavy (non-hydrogen) atoms. The molecule has 0 saturated heterocycles. The highest BCUT2D eigenvalue weighted by Gasteiger charge is 2.21. The number of hydrogen-bond donors (Lipinski definition) is 1. The minimum Gasteiger partial charge on any atom is -0.268 e. The van der Waals surface area contributed by atoms with Gasteiger partial charge in [-0.2, -0.15) is 5.10 Å². The van der Waals surface area contributed by atoms with Crippen LogP contribution in [0.4, 0.5) is 10.1 Å². The van der Waals surface area contributed by atoms with Crippen molar-refractivity contribution in [2.45, 2.75) is 0 Å². The predicted molar refractivity (Wildman–Crippen MR) is 125 cm³/mol. The molecule has 1 aromatic heterocycles. The zero-order valence-corrected chi connectivity index (χ0v) is 19.1. The van der Waals surface area contributed by atoms with Gasteiger partial charge in [0, 0.05) is 22.0 Å². The molecule has 1 amide bonds. The third kappa shape index (κ3) is 4.54. The Hall–Kier alpha value is -3.45. The Labute approximate surface area is 198 Å². The lowest BCUT2D eigenvalue weighted by molar-refractivity contribution is 0.0978. The lowest BCUT2D eigenvalue weighted by Gasteiger charge is -2.10. The molecule has 0 saturated carbocycles. The quantitative estimate of drug-likeness (QED) is 0.379. The summed E-state index contributed by atoms with van der Waals surface area (Å²) in [4.78, 5) is 15.5. The lowest BCUT2D eigenvalue weighted by Crippen LogP contribution is -2.30. The number of nitrogens with zero attached hydrogens (tertiary/aromatic N) is 3. The topological polar surface area (TPSA) is 85.4 Å². The monoisotopic (exact) mass is 502 g/mol. The number of benzene rings is 3. The zero-order valence-electron chi connectivity index (χ0n) is 16.8. The molecule has 11 heteroatoms. The minimum absolute atomic E-state index is 0.0238. The summed E-state index contributed by atoms with van der Waals surface area (Å²) in [6.45, 7) is 7.11. The average molecular weight is 503 g/mol. The largest absolute Gasteiger partial charge is 0.268 e. The maximum atomic E-state index is 14.8. The van der Waals surface area contributed by atoms with E-state index in [1.807, 2.05) is 0 Å². The van der Waals surface area contributed by atoms with Gasteiger partial charge in [0.05, 0.1) is 34.6 Å². The SMILES string of the molecule is [C-]#[N+]c1ccc(-c2nn(-c3cc(F)c(C(=O)NS(C)(=O)=O)cc3Cl)c3ccc(Cl)cc23)cc1. The maximum absolute atomic E-state index is 14.8. The first-order chi connectivity index (χ1) is 15.6. The van der Waals surface area contributed by atoms with Crippen LogP contribution in [-0.2, 0) is 10.0 Å². The minimum atomic E-state index is -3.89. The number of rotatable bonds is 4. The number of hydrogen-bond acceptors (Lipinski definition) is 4.